The van der Waals surface area contributed by atoms with Crippen molar-refractivity contribution in [2.24, 2.45) is 0 Å². The molecule has 0 aromatic heterocycles. The lowest BCUT2D eigenvalue weighted by atomic mass is 10.1. The highest BCUT2D eigenvalue weighted by atomic mass is 32.2. The third-order valence-electron chi connectivity index (χ3n) is 5.45. The fraction of sp³-hybridized carbons (Fsp3) is 1.00. The number of hydrogen-bond acceptors (Lipinski definition) is 2. The standard InChI is InChI=1S/C23H49NS/c1-5-7-9-11-13-15-17-19-21-24(23(3)25-4)22-20-18-16-14-12-10-8-6-2/h23H,5-22H2,1-4H3. The summed E-state index contributed by atoms with van der Waals surface area (Å²) in [6, 6.07) is 0. The van der Waals surface area contributed by atoms with E-state index in [9.17, 15) is 0 Å². The zero-order valence-corrected chi connectivity index (χ0v) is 19.0. The van der Waals surface area contributed by atoms with Gasteiger partial charge in [-0.05, 0) is 39.1 Å². The third kappa shape index (κ3) is 17.5. The molecule has 0 bridgehead atoms. The average molecular weight is 372 g/mol. The summed E-state index contributed by atoms with van der Waals surface area (Å²) in [7, 11) is 0. The predicted octanol–water partition coefficient (Wildman–Crippen LogP) is 8.28. The Morgan fingerprint density at radius 1 is 0.560 bits per heavy atom. The lowest BCUT2D eigenvalue weighted by Crippen LogP contribution is -2.32. The van der Waals surface area contributed by atoms with Gasteiger partial charge in [0, 0.05) is 0 Å². The molecule has 0 aliphatic rings. The Hall–Kier alpha value is 0.310. The molecule has 0 saturated carbocycles. The second kappa shape index (κ2) is 20.6. The second-order valence-corrected chi connectivity index (χ2v) is 8.97. The van der Waals surface area contributed by atoms with Crippen molar-refractivity contribution in [3.8, 4) is 0 Å². The van der Waals surface area contributed by atoms with Crippen molar-refractivity contribution in [1.82, 2.24) is 4.90 Å². The molecular formula is C23H49NS. The maximum Gasteiger partial charge on any atom is 0.0525 e. The molecule has 0 fully saturated rings. The quantitative estimate of drug-likeness (QED) is 0.156. The van der Waals surface area contributed by atoms with Crippen LogP contribution in [0, 0.1) is 0 Å². The van der Waals surface area contributed by atoms with Crippen LogP contribution in [0.5, 0.6) is 0 Å². The van der Waals surface area contributed by atoms with Crippen molar-refractivity contribution >= 4 is 11.8 Å². The molecule has 0 aromatic carbocycles. The lowest BCUT2D eigenvalue weighted by molar-refractivity contribution is 0.254. The van der Waals surface area contributed by atoms with E-state index in [1.165, 1.54) is 116 Å². The Balaban J connectivity index is 3.62. The molecule has 25 heavy (non-hydrogen) atoms. The van der Waals surface area contributed by atoms with Gasteiger partial charge in [0.25, 0.3) is 0 Å². The summed E-state index contributed by atoms with van der Waals surface area (Å²) in [4.78, 5) is 2.73. The summed E-state index contributed by atoms with van der Waals surface area (Å²) in [5.41, 5.74) is 0. The van der Waals surface area contributed by atoms with Crippen LogP contribution in [-0.2, 0) is 0 Å². The zero-order valence-electron chi connectivity index (χ0n) is 18.2. The monoisotopic (exact) mass is 371 g/mol. The fourth-order valence-corrected chi connectivity index (χ4v) is 4.03. The molecule has 0 aromatic rings. The van der Waals surface area contributed by atoms with Crippen molar-refractivity contribution in [3.63, 3.8) is 0 Å². The summed E-state index contributed by atoms with van der Waals surface area (Å²) in [6.45, 7) is 9.61. The van der Waals surface area contributed by atoms with Crippen LogP contribution in [0.15, 0.2) is 0 Å². The molecular weight excluding hydrogens is 322 g/mol. The molecule has 1 unspecified atom stereocenters. The highest BCUT2D eigenvalue weighted by Gasteiger charge is 2.11. The summed E-state index contributed by atoms with van der Waals surface area (Å²) in [6.07, 6.45) is 25.1. The Bertz CT molecular complexity index is 224. The highest BCUT2D eigenvalue weighted by Crippen LogP contribution is 2.16. The van der Waals surface area contributed by atoms with Gasteiger partial charge in [0.05, 0.1) is 5.37 Å². The van der Waals surface area contributed by atoms with Crippen molar-refractivity contribution < 1.29 is 0 Å². The predicted molar refractivity (Wildman–Crippen MR) is 120 cm³/mol. The number of thioether (sulfide) groups is 1. The van der Waals surface area contributed by atoms with Crippen LogP contribution in [0.25, 0.3) is 0 Å². The van der Waals surface area contributed by atoms with E-state index >= 15 is 0 Å². The molecule has 0 amide bonds. The third-order valence-corrected chi connectivity index (χ3v) is 6.43. The van der Waals surface area contributed by atoms with E-state index in [1.54, 1.807) is 0 Å². The van der Waals surface area contributed by atoms with Gasteiger partial charge in [0.2, 0.25) is 0 Å². The van der Waals surface area contributed by atoms with E-state index in [-0.39, 0.29) is 0 Å². The first-order valence-electron chi connectivity index (χ1n) is 11.5. The summed E-state index contributed by atoms with van der Waals surface area (Å²) in [5, 5.41) is 0.689. The van der Waals surface area contributed by atoms with Gasteiger partial charge >= 0.3 is 0 Å². The summed E-state index contributed by atoms with van der Waals surface area (Å²) in [5.74, 6) is 0. The molecule has 0 aliphatic carbocycles. The van der Waals surface area contributed by atoms with Crippen molar-refractivity contribution in [1.29, 1.82) is 0 Å². The first-order valence-corrected chi connectivity index (χ1v) is 12.8. The van der Waals surface area contributed by atoms with Gasteiger partial charge in [0.15, 0.2) is 0 Å². The minimum absolute atomic E-state index is 0.689. The normalized spacial score (nSPS) is 12.8. The minimum Gasteiger partial charge on any atom is -0.292 e. The smallest absolute Gasteiger partial charge is 0.0525 e. The van der Waals surface area contributed by atoms with Gasteiger partial charge in [-0.15, -0.1) is 11.8 Å². The van der Waals surface area contributed by atoms with Crippen LogP contribution in [0.2, 0.25) is 0 Å². The Labute approximate surface area is 165 Å². The second-order valence-electron chi connectivity index (χ2n) is 7.82. The van der Waals surface area contributed by atoms with E-state index < -0.39 is 0 Å². The van der Waals surface area contributed by atoms with Crippen LogP contribution in [0.1, 0.15) is 124 Å². The molecule has 0 N–H and O–H groups in total. The van der Waals surface area contributed by atoms with Gasteiger partial charge in [0.1, 0.15) is 0 Å². The molecule has 2 heteroatoms. The van der Waals surface area contributed by atoms with E-state index in [1.807, 2.05) is 11.8 Å². The topological polar surface area (TPSA) is 3.24 Å². The van der Waals surface area contributed by atoms with Gasteiger partial charge in [-0.2, -0.15) is 0 Å². The fourth-order valence-electron chi connectivity index (χ4n) is 3.52. The molecule has 1 atom stereocenters. The van der Waals surface area contributed by atoms with E-state index in [0.717, 1.165) is 0 Å². The molecule has 0 radical (unpaired) electrons. The van der Waals surface area contributed by atoms with Gasteiger partial charge in [-0.25, -0.2) is 0 Å². The number of hydrogen-bond donors (Lipinski definition) is 0. The van der Waals surface area contributed by atoms with Crippen LogP contribution in [-0.4, -0.2) is 29.6 Å². The molecule has 152 valence electrons. The lowest BCUT2D eigenvalue weighted by Gasteiger charge is -2.28. The zero-order chi connectivity index (χ0) is 18.6. The van der Waals surface area contributed by atoms with Crippen molar-refractivity contribution in [2.75, 3.05) is 19.3 Å². The maximum atomic E-state index is 2.73. The Kier molecular flexibility index (Phi) is 20.9. The first kappa shape index (κ1) is 25.3. The molecule has 0 saturated heterocycles. The Morgan fingerprint density at radius 2 is 0.880 bits per heavy atom. The van der Waals surface area contributed by atoms with E-state index in [4.69, 9.17) is 0 Å². The largest absolute Gasteiger partial charge is 0.292 e. The summed E-state index contributed by atoms with van der Waals surface area (Å²) < 4.78 is 0. The van der Waals surface area contributed by atoms with Crippen molar-refractivity contribution in [3.05, 3.63) is 0 Å². The Morgan fingerprint density at radius 3 is 1.20 bits per heavy atom. The highest BCUT2D eigenvalue weighted by molar-refractivity contribution is 7.99. The van der Waals surface area contributed by atoms with Gasteiger partial charge < -0.3 is 0 Å². The SMILES string of the molecule is CCCCCCCCCCN(CCCCCCCCCC)C(C)SC. The van der Waals surface area contributed by atoms with E-state index in [0.29, 0.717) is 5.37 Å². The number of rotatable bonds is 20. The molecule has 0 rings (SSSR count). The van der Waals surface area contributed by atoms with Crippen LogP contribution in [0.4, 0.5) is 0 Å². The van der Waals surface area contributed by atoms with Crippen molar-refractivity contribution in [2.45, 2.75) is 129 Å². The number of nitrogens with zero attached hydrogens (tertiary/aromatic N) is 1. The summed E-state index contributed by atoms with van der Waals surface area (Å²) >= 11 is 2.01. The average Bonchev–Trinajstić information content (AvgIpc) is 2.63. The van der Waals surface area contributed by atoms with Gasteiger partial charge in [-0.3, -0.25) is 4.90 Å². The van der Waals surface area contributed by atoms with Crippen LogP contribution < -0.4 is 0 Å². The van der Waals surface area contributed by atoms with Gasteiger partial charge in [-0.1, -0.05) is 104 Å². The first-order chi connectivity index (χ1) is 12.3. The van der Waals surface area contributed by atoms with E-state index in [2.05, 4.69) is 31.9 Å². The molecule has 0 heterocycles. The molecule has 0 aliphatic heterocycles. The molecule has 1 nitrogen and oxygen atoms in total. The van der Waals surface area contributed by atoms with Crippen LogP contribution in [0.3, 0.4) is 0 Å². The maximum absolute atomic E-state index is 2.73. The number of unbranched alkanes of at least 4 members (excludes halogenated alkanes) is 14. The minimum atomic E-state index is 0.689. The molecule has 0 spiro atoms. The van der Waals surface area contributed by atoms with Crippen LogP contribution >= 0.6 is 11.8 Å².